The number of Topliss-reactive ketones (excluding diaryl/α,β-unsaturated/α-hetero) is 2. The van der Waals surface area contributed by atoms with Crippen LogP contribution in [-0.4, -0.2) is 43.0 Å². The minimum atomic E-state index is -4.29. The van der Waals surface area contributed by atoms with Crippen LogP contribution in [-0.2, 0) is 19.7 Å². The van der Waals surface area contributed by atoms with Crippen molar-refractivity contribution in [2.75, 3.05) is 12.3 Å². The summed E-state index contributed by atoms with van der Waals surface area (Å²) >= 11 is 0. The summed E-state index contributed by atoms with van der Waals surface area (Å²) in [4.78, 5) is 26.2. The van der Waals surface area contributed by atoms with E-state index in [0.29, 0.717) is 19.3 Å². The van der Waals surface area contributed by atoms with E-state index in [1.165, 1.54) is 0 Å². The summed E-state index contributed by atoms with van der Waals surface area (Å²) in [7, 11) is -4.29. The van der Waals surface area contributed by atoms with E-state index in [4.69, 9.17) is 0 Å². The highest BCUT2D eigenvalue weighted by Crippen LogP contribution is 2.15. The molecule has 1 saturated carbocycles. The van der Waals surface area contributed by atoms with Gasteiger partial charge in [-0.15, -0.1) is 0 Å². The van der Waals surface area contributed by atoms with Crippen LogP contribution in [0.3, 0.4) is 0 Å². The molecule has 0 unspecified atom stereocenters. The lowest BCUT2D eigenvalue weighted by Gasteiger charge is -2.15. The van der Waals surface area contributed by atoms with E-state index >= 15 is 0 Å². The number of aliphatic imine (C=N–C) groups is 1. The van der Waals surface area contributed by atoms with Crippen molar-refractivity contribution >= 4 is 27.9 Å². The number of nitrogens with zero attached hydrogens (tertiary/aromatic N) is 1. The number of rotatable bonds is 4. The molecule has 1 aliphatic carbocycles. The molecule has 90 valence electrons. The predicted octanol–water partition coefficient (Wildman–Crippen LogP) is -0.459. The first kappa shape index (κ1) is 13.0. The fraction of sp³-hybridized carbons (Fsp3) is 0.667. The van der Waals surface area contributed by atoms with Crippen molar-refractivity contribution in [1.82, 2.24) is 0 Å². The lowest BCUT2D eigenvalue weighted by molar-refractivity contribution is -0.132. The average molecular weight is 246 g/mol. The molecule has 0 aromatic carbocycles. The zero-order chi connectivity index (χ0) is 12.2. The molecule has 0 radical (unpaired) electrons. The third-order valence-corrected chi connectivity index (χ3v) is 2.95. The van der Waals surface area contributed by atoms with Crippen LogP contribution in [0.2, 0.25) is 0 Å². The van der Waals surface area contributed by atoms with Crippen LogP contribution < -0.4 is 0 Å². The summed E-state index contributed by atoms with van der Waals surface area (Å²) in [6.45, 7) is -0.205. The van der Waals surface area contributed by atoms with Crippen LogP contribution in [0.15, 0.2) is 4.99 Å². The quantitative estimate of drug-likeness (QED) is 0.379. The number of hydrogen-bond donors (Lipinski definition) is 0. The van der Waals surface area contributed by atoms with Gasteiger partial charge in [-0.05, 0) is 6.42 Å². The molecule has 0 aromatic heterocycles. The van der Waals surface area contributed by atoms with E-state index < -0.39 is 21.8 Å². The van der Waals surface area contributed by atoms with E-state index in [-0.39, 0.29) is 18.1 Å². The Morgan fingerprint density at radius 3 is 2.38 bits per heavy atom. The van der Waals surface area contributed by atoms with Gasteiger partial charge in [0.2, 0.25) is 0 Å². The maximum atomic E-state index is 11.3. The van der Waals surface area contributed by atoms with Gasteiger partial charge in [-0.2, -0.15) is 0 Å². The molecule has 0 spiro atoms. The Hall–Kier alpha value is -1.08. The molecule has 1 fully saturated rings. The van der Waals surface area contributed by atoms with Gasteiger partial charge in [0, 0.05) is 19.1 Å². The molecular weight excluding hydrogens is 234 g/mol. The second kappa shape index (κ2) is 5.31. The molecule has 1 aliphatic rings. The van der Waals surface area contributed by atoms with Gasteiger partial charge in [0.05, 0.1) is 22.4 Å². The Kier molecular flexibility index (Phi) is 4.31. The van der Waals surface area contributed by atoms with Gasteiger partial charge in [-0.25, -0.2) is 8.42 Å². The average Bonchev–Trinajstić information content (AvgIpc) is 2.14. The zero-order valence-corrected chi connectivity index (χ0v) is 9.40. The standard InChI is InChI=1S/C9H13NO5S/c11-8-2-1-3-9(12)7(8)6-10-4-5-16(13,14)15/h6-7H,1-5H2,(H,13,14,15)/p-1. The first-order valence-corrected chi connectivity index (χ1v) is 6.47. The van der Waals surface area contributed by atoms with Crippen LogP contribution in [0.1, 0.15) is 19.3 Å². The molecule has 6 nitrogen and oxygen atoms in total. The SMILES string of the molecule is O=C1CCCC(=O)C1C=NCCS(=O)(=O)[O-]. The van der Waals surface area contributed by atoms with Crippen LogP contribution >= 0.6 is 0 Å². The third kappa shape index (κ3) is 4.19. The minimum Gasteiger partial charge on any atom is -0.748 e. The Morgan fingerprint density at radius 1 is 1.31 bits per heavy atom. The maximum Gasteiger partial charge on any atom is 0.148 e. The van der Waals surface area contributed by atoms with Crippen molar-refractivity contribution in [1.29, 1.82) is 0 Å². The highest BCUT2D eigenvalue weighted by atomic mass is 32.2. The van der Waals surface area contributed by atoms with Crippen LogP contribution in [0, 0.1) is 5.92 Å². The van der Waals surface area contributed by atoms with E-state index in [1.807, 2.05) is 0 Å². The molecule has 16 heavy (non-hydrogen) atoms. The summed E-state index contributed by atoms with van der Waals surface area (Å²) in [5, 5.41) is 0. The lowest BCUT2D eigenvalue weighted by Crippen LogP contribution is -2.29. The van der Waals surface area contributed by atoms with E-state index in [2.05, 4.69) is 4.99 Å². The number of carbonyl (C=O) groups excluding carboxylic acids is 2. The van der Waals surface area contributed by atoms with Gasteiger partial charge in [0.1, 0.15) is 17.5 Å². The van der Waals surface area contributed by atoms with Gasteiger partial charge in [0.15, 0.2) is 0 Å². The fourth-order valence-corrected chi connectivity index (χ4v) is 1.77. The fourth-order valence-electron chi connectivity index (χ4n) is 1.44. The van der Waals surface area contributed by atoms with E-state index in [0.717, 1.165) is 6.21 Å². The van der Waals surface area contributed by atoms with Crippen molar-refractivity contribution in [3.8, 4) is 0 Å². The summed E-state index contributed by atoms with van der Waals surface area (Å²) in [5.41, 5.74) is 0. The molecule has 0 N–H and O–H groups in total. The Labute approximate surface area is 93.5 Å². The predicted molar refractivity (Wildman–Crippen MR) is 55.3 cm³/mol. The van der Waals surface area contributed by atoms with Crippen molar-refractivity contribution in [3.63, 3.8) is 0 Å². The number of carbonyl (C=O) groups is 2. The molecule has 0 atom stereocenters. The highest BCUT2D eigenvalue weighted by Gasteiger charge is 2.27. The van der Waals surface area contributed by atoms with Crippen LogP contribution in [0.5, 0.6) is 0 Å². The van der Waals surface area contributed by atoms with Gasteiger partial charge in [-0.3, -0.25) is 14.6 Å². The Balaban J connectivity index is 2.49. The Morgan fingerprint density at radius 2 is 1.88 bits per heavy atom. The molecule has 1 rings (SSSR count). The highest BCUT2D eigenvalue weighted by molar-refractivity contribution is 7.85. The first-order valence-electron chi connectivity index (χ1n) is 4.89. The maximum absolute atomic E-state index is 11.3. The zero-order valence-electron chi connectivity index (χ0n) is 8.59. The number of ketones is 2. The van der Waals surface area contributed by atoms with Crippen LogP contribution in [0.4, 0.5) is 0 Å². The summed E-state index contributed by atoms with van der Waals surface area (Å²) in [6.07, 6.45) is 2.43. The smallest absolute Gasteiger partial charge is 0.148 e. The van der Waals surface area contributed by atoms with Crippen LogP contribution in [0.25, 0.3) is 0 Å². The molecule has 0 bridgehead atoms. The topological polar surface area (TPSA) is 104 Å². The number of hydrogen-bond acceptors (Lipinski definition) is 6. The van der Waals surface area contributed by atoms with Gasteiger partial charge in [-0.1, -0.05) is 0 Å². The van der Waals surface area contributed by atoms with Crippen molar-refractivity contribution in [2.24, 2.45) is 10.9 Å². The molecular formula is C9H12NO5S-. The molecule has 0 saturated heterocycles. The van der Waals surface area contributed by atoms with E-state index in [1.54, 1.807) is 0 Å². The van der Waals surface area contributed by atoms with Gasteiger partial charge in [0.25, 0.3) is 0 Å². The van der Waals surface area contributed by atoms with E-state index in [9.17, 15) is 22.6 Å². The van der Waals surface area contributed by atoms with Gasteiger partial charge < -0.3 is 4.55 Å². The summed E-state index contributed by atoms with van der Waals surface area (Å²) in [6, 6.07) is 0. The Bertz CT molecular complexity index is 396. The second-order valence-electron chi connectivity index (χ2n) is 3.58. The molecule has 0 amide bonds. The van der Waals surface area contributed by atoms with Crippen molar-refractivity contribution < 1.29 is 22.6 Å². The minimum absolute atomic E-state index is 0.190. The largest absolute Gasteiger partial charge is 0.748 e. The third-order valence-electron chi connectivity index (χ3n) is 2.26. The monoisotopic (exact) mass is 246 g/mol. The van der Waals surface area contributed by atoms with Gasteiger partial charge >= 0.3 is 0 Å². The second-order valence-corrected chi connectivity index (χ2v) is 5.10. The molecule has 0 heterocycles. The molecule has 7 heteroatoms. The van der Waals surface area contributed by atoms with Crippen molar-refractivity contribution in [3.05, 3.63) is 0 Å². The first-order chi connectivity index (χ1) is 7.40. The molecule has 0 aliphatic heterocycles. The molecule has 0 aromatic rings. The normalized spacial score (nSPS) is 19.6. The summed E-state index contributed by atoms with van der Waals surface area (Å²) < 4.78 is 30.7. The summed E-state index contributed by atoms with van der Waals surface area (Å²) in [5.74, 6) is -1.84. The lowest BCUT2D eigenvalue weighted by atomic mass is 9.88. The van der Waals surface area contributed by atoms with Crippen molar-refractivity contribution in [2.45, 2.75) is 19.3 Å².